The zero-order valence-corrected chi connectivity index (χ0v) is 9.31. The van der Waals surface area contributed by atoms with Crippen molar-refractivity contribution in [3.05, 3.63) is 18.5 Å². The van der Waals surface area contributed by atoms with E-state index in [0.717, 1.165) is 30.8 Å². The molecule has 0 aromatic carbocycles. The fraction of sp³-hybridized carbons (Fsp3) is 0.500. The molecule has 2 aliphatic heterocycles. The Hall–Kier alpha value is -1.58. The van der Waals surface area contributed by atoms with Gasteiger partial charge in [0.05, 0.1) is 17.6 Å². The van der Waals surface area contributed by atoms with Crippen LogP contribution in [0.3, 0.4) is 0 Å². The molecule has 2 unspecified atom stereocenters. The first-order valence-electron chi connectivity index (χ1n) is 5.77. The number of anilines is 2. The molecule has 1 fully saturated rings. The van der Waals surface area contributed by atoms with Crippen molar-refractivity contribution in [3.63, 3.8) is 0 Å². The second-order valence-electron chi connectivity index (χ2n) is 4.72. The third-order valence-electron chi connectivity index (χ3n) is 3.53. The van der Waals surface area contributed by atoms with Crippen molar-refractivity contribution in [2.45, 2.75) is 25.8 Å². The van der Waals surface area contributed by atoms with Gasteiger partial charge in [0.25, 0.3) is 0 Å². The van der Waals surface area contributed by atoms with Crippen LogP contribution in [0.5, 0.6) is 0 Å². The number of hydrogen-bond acceptors (Lipinski definition) is 3. The molecule has 4 nitrogen and oxygen atoms in total. The Kier molecular flexibility index (Phi) is 2.09. The lowest BCUT2D eigenvalue weighted by Crippen LogP contribution is -2.52. The molecule has 16 heavy (non-hydrogen) atoms. The number of fused-ring (bicyclic) bond motifs is 3. The largest absolute Gasteiger partial charge is 0.358 e. The highest BCUT2D eigenvalue weighted by atomic mass is 16.2. The SMILES string of the molecule is CC1CCN2c3ccncc3NC(=O)C2C1. The molecular formula is C12H15N3O. The van der Waals surface area contributed by atoms with Crippen molar-refractivity contribution < 1.29 is 4.79 Å². The quantitative estimate of drug-likeness (QED) is 0.718. The number of nitrogens with zero attached hydrogens (tertiary/aromatic N) is 2. The van der Waals surface area contributed by atoms with Gasteiger partial charge in [0.2, 0.25) is 5.91 Å². The van der Waals surface area contributed by atoms with E-state index in [1.54, 1.807) is 12.4 Å². The molecule has 1 amide bonds. The number of rotatable bonds is 0. The molecule has 2 aliphatic rings. The highest BCUT2D eigenvalue weighted by Crippen LogP contribution is 2.36. The first-order chi connectivity index (χ1) is 7.75. The molecule has 84 valence electrons. The molecule has 1 aromatic heterocycles. The first kappa shape index (κ1) is 9.63. The van der Waals surface area contributed by atoms with Crippen LogP contribution in [0.4, 0.5) is 11.4 Å². The molecule has 1 aromatic rings. The number of carbonyl (C=O) groups excluding carboxylic acids is 1. The topological polar surface area (TPSA) is 45.2 Å². The summed E-state index contributed by atoms with van der Waals surface area (Å²) in [5.41, 5.74) is 1.96. The summed E-state index contributed by atoms with van der Waals surface area (Å²) in [6, 6.07) is 2.00. The molecule has 2 atom stereocenters. The molecule has 0 bridgehead atoms. The molecule has 1 N–H and O–H groups in total. The number of amides is 1. The molecule has 1 saturated heterocycles. The third kappa shape index (κ3) is 1.37. The van der Waals surface area contributed by atoms with Gasteiger partial charge in [-0.3, -0.25) is 9.78 Å². The Bertz CT molecular complexity index is 432. The van der Waals surface area contributed by atoms with Gasteiger partial charge < -0.3 is 10.2 Å². The standard InChI is InChI=1S/C12H15N3O/c1-8-3-5-15-10-2-4-13-7-9(10)14-12(16)11(15)6-8/h2,4,7-8,11H,3,5-6H2,1H3,(H,14,16). The van der Waals surface area contributed by atoms with E-state index in [2.05, 4.69) is 22.1 Å². The van der Waals surface area contributed by atoms with Gasteiger partial charge in [-0.25, -0.2) is 0 Å². The number of nitrogens with one attached hydrogen (secondary N) is 1. The van der Waals surface area contributed by atoms with Gasteiger partial charge in [-0.1, -0.05) is 6.92 Å². The number of aromatic nitrogens is 1. The summed E-state index contributed by atoms with van der Waals surface area (Å²) in [5.74, 6) is 0.752. The monoisotopic (exact) mass is 217 g/mol. The van der Waals surface area contributed by atoms with Crippen molar-refractivity contribution in [1.29, 1.82) is 0 Å². The summed E-state index contributed by atoms with van der Waals surface area (Å²) in [7, 11) is 0. The summed E-state index contributed by atoms with van der Waals surface area (Å²) in [4.78, 5) is 18.2. The minimum Gasteiger partial charge on any atom is -0.358 e. The van der Waals surface area contributed by atoms with Gasteiger partial charge in [-0.05, 0) is 24.8 Å². The van der Waals surface area contributed by atoms with Gasteiger partial charge in [0.1, 0.15) is 6.04 Å². The third-order valence-corrected chi connectivity index (χ3v) is 3.53. The van der Waals surface area contributed by atoms with Crippen LogP contribution in [0.1, 0.15) is 19.8 Å². The van der Waals surface area contributed by atoms with Crippen LogP contribution in [0.2, 0.25) is 0 Å². The lowest BCUT2D eigenvalue weighted by Gasteiger charge is -2.42. The second-order valence-corrected chi connectivity index (χ2v) is 4.72. The van der Waals surface area contributed by atoms with Gasteiger partial charge in [0.15, 0.2) is 0 Å². The van der Waals surface area contributed by atoms with Gasteiger partial charge in [-0.2, -0.15) is 0 Å². The van der Waals surface area contributed by atoms with Gasteiger partial charge >= 0.3 is 0 Å². The van der Waals surface area contributed by atoms with Gasteiger partial charge in [0, 0.05) is 12.7 Å². The van der Waals surface area contributed by atoms with E-state index in [1.165, 1.54) is 0 Å². The zero-order chi connectivity index (χ0) is 11.1. The van der Waals surface area contributed by atoms with Crippen molar-refractivity contribution in [2.24, 2.45) is 5.92 Å². The number of hydrogen-bond donors (Lipinski definition) is 1. The predicted molar refractivity (Wildman–Crippen MR) is 62.4 cm³/mol. The van der Waals surface area contributed by atoms with Crippen LogP contribution in [0.15, 0.2) is 18.5 Å². The van der Waals surface area contributed by atoms with Crippen molar-refractivity contribution in [1.82, 2.24) is 4.98 Å². The summed E-state index contributed by atoms with van der Waals surface area (Å²) >= 11 is 0. The Morgan fingerprint density at radius 3 is 3.31 bits per heavy atom. The van der Waals surface area contributed by atoms with Crippen molar-refractivity contribution >= 4 is 17.3 Å². The molecule has 0 radical (unpaired) electrons. The molecule has 3 rings (SSSR count). The molecule has 4 heteroatoms. The lowest BCUT2D eigenvalue weighted by molar-refractivity contribution is -0.118. The van der Waals surface area contributed by atoms with E-state index in [9.17, 15) is 4.79 Å². The average Bonchev–Trinajstić information content (AvgIpc) is 2.29. The maximum Gasteiger partial charge on any atom is 0.247 e. The maximum atomic E-state index is 12.0. The van der Waals surface area contributed by atoms with E-state index >= 15 is 0 Å². The summed E-state index contributed by atoms with van der Waals surface area (Å²) in [6.45, 7) is 3.18. The van der Waals surface area contributed by atoms with Crippen molar-refractivity contribution in [3.8, 4) is 0 Å². The van der Waals surface area contributed by atoms with Gasteiger partial charge in [-0.15, -0.1) is 0 Å². The minimum atomic E-state index is 0.0126. The normalized spacial score (nSPS) is 28.1. The Labute approximate surface area is 94.7 Å². The van der Waals surface area contributed by atoms with E-state index in [1.807, 2.05) is 6.07 Å². The highest BCUT2D eigenvalue weighted by Gasteiger charge is 2.36. The Morgan fingerprint density at radius 2 is 2.44 bits per heavy atom. The van der Waals surface area contributed by atoms with Crippen LogP contribution in [-0.2, 0) is 4.79 Å². The van der Waals surface area contributed by atoms with E-state index in [-0.39, 0.29) is 11.9 Å². The minimum absolute atomic E-state index is 0.0126. The number of carbonyl (C=O) groups is 1. The molecule has 0 aliphatic carbocycles. The number of piperidine rings is 1. The average molecular weight is 217 g/mol. The Balaban J connectivity index is 2.01. The second kappa shape index (κ2) is 3.47. The summed E-state index contributed by atoms with van der Waals surface area (Å²) < 4.78 is 0. The van der Waals surface area contributed by atoms with Crippen LogP contribution in [0.25, 0.3) is 0 Å². The molecule has 3 heterocycles. The first-order valence-corrected chi connectivity index (χ1v) is 5.77. The molecular weight excluding hydrogens is 202 g/mol. The van der Waals surface area contributed by atoms with E-state index in [0.29, 0.717) is 5.92 Å². The van der Waals surface area contributed by atoms with Crippen LogP contribution in [-0.4, -0.2) is 23.5 Å². The number of pyridine rings is 1. The van der Waals surface area contributed by atoms with E-state index in [4.69, 9.17) is 0 Å². The van der Waals surface area contributed by atoms with Crippen molar-refractivity contribution in [2.75, 3.05) is 16.8 Å². The van der Waals surface area contributed by atoms with Crippen LogP contribution in [0, 0.1) is 5.92 Å². The van der Waals surface area contributed by atoms with E-state index < -0.39 is 0 Å². The predicted octanol–water partition coefficient (Wildman–Crippen LogP) is 1.64. The summed E-state index contributed by atoms with van der Waals surface area (Å²) in [5, 5.41) is 2.94. The van der Waals surface area contributed by atoms with Crippen LogP contribution < -0.4 is 10.2 Å². The lowest BCUT2D eigenvalue weighted by atomic mass is 9.90. The zero-order valence-electron chi connectivity index (χ0n) is 9.31. The summed E-state index contributed by atoms with van der Waals surface area (Å²) in [6.07, 6.45) is 5.62. The highest BCUT2D eigenvalue weighted by molar-refractivity contribution is 6.03. The fourth-order valence-corrected chi connectivity index (χ4v) is 2.63. The van der Waals surface area contributed by atoms with Crippen LogP contribution >= 0.6 is 0 Å². The maximum absolute atomic E-state index is 12.0. The Morgan fingerprint density at radius 1 is 1.56 bits per heavy atom. The smallest absolute Gasteiger partial charge is 0.247 e. The fourth-order valence-electron chi connectivity index (χ4n) is 2.63. The molecule has 0 saturated carbocycles. The molecule has 0 spiro atoms.